The Balaban J connectivity index is 1.63. The van der Waals surface area contributed by atoms with Gasteiger partial charge in [0.2, 0.25) is 16.9 Å². The second kappa shape index (κ2) is 10.0. The van der Waals surface area contributed by atoms with E-state index in [1.165, 1.54) is 11.3 Å². The standard InChI is InChI=1S/C14H23N7O3S/c1-2-3-15-13(24)17-11(22)8-20-4-6-21(7-5-20)9-12(23)18-14-19-16-10-25-14/h10H,2-9H2,1H3,(H,18,19,23)(H2,15,17,22,24). The predicted octanol–water partition coefficient (Wildman–Crippen LogP) is -0.670. The van der Waals surface area contributed by atoms with Crippen molar-refractivity contribution in [3.63, 3.8) is 0 Å². The molecule has 1 aliphatic heterocycles. The molecular weight excluding hydrogens is 346 g/mol. The third-order valence-electron chi connectivity index (χ3n) is 3.59. The number of carbonyl (C=O) groups is 3. The lowest BCUT2D eigenvalue weighted by Gasteiger charge is -2.33. The van der Waals surface area contributed by atoms with E-state index in [1.54, 1.807) is 5.51 Å². The molecule has 0 spiro atoms. The molecule has 2 rings (SSSR count). The van der Waals surface area contributed by atoms with Crippen LogP contribution in [0, 0.1) is 0 Å². The van der Waals surface area contributed by atoms with Crippen LogP contribution in [0.5, 0.6) is 0 Å². The van der Waals surface area contributed by atoms with Crippen molar-refractivity contribution < 1.29 is 14.4 Å². The number of nitrogens with zero attached hydrogens (tertiary/aromatic N) is 4. The summed E-state index contributed by atoms with van der Waals surface area (Å²) >= 11 is 1.27. The molecule has 25 heavy (non-hydrogen) atoms. The monoisotopic (exact) mass is 369 g/mol. The van der Waals surface area contributed by atoms with Crippen molar-refractivity contribution in [1.82, 2.24) is 30.6 Å². The Hall–Kier alpha value is -2.11. The number of hydrogen-bond acceptors (Lipinski definition) is 8. The first-order valence-electron chi connectivity index (χ1n) is 8.15. The average molecular weight is 369 g/mol. The lowest BCUT2D eigenvalue weighted by Crippen LogP contribution is -2.52. The molecule has 0 saturated carbocycles. The molecule has 10 nitrogen and oxygen atoms in total. The van der Waals surface area contributed by atoms with Gasteiger partial charge in [-0.05, 0) is 6.42 Å². The molecule has 0 atom stereocenters. The Bertz CT molecular complexity index is 573. The molecule has 0 bridgehead atoms. The van der Waals surface area contributed by atoms with E-state index in [4.69, 9.17) is 0 Å². The Morgan fingerprint density at radius 2 is 1.76 bits per heavy atom. The van der Waals surface area contributed by atoms with Crippen LogP contribution >= 0.6 is 11.3 Å². The van der Waals surface area contributed by atoms with Crippen LogP contribution in [0.2, 0.25) is 0 Å². The molecule has 1 aromatic rings. The second-order valence-electron chi connectivity index (χ2n) is 5.65. The van der Waals surface area contributed by atoms with E-state index < -0.39 is 6.03 Å². The van der Waals surface area contributed by atoms with Gasteiger partial charge in [0.05, 0.1) is 13.1 Å². The van der Waals surface area contributed by atoms with Crippen molar-refractivity contribution in [2.75, 3.05) is 51.1 Å². The number of rotatable bonds is 7. The highest BCUT2D eigenvalue weighted by molar-refractivity contribution is 7.13. The number of urea groups is 1. The highest BCUT2D eigenvalue weighted by Crippen LogP contribution is 2.08. The highest BCUT2D eigenvalue weighted by atomic mass is 32.1. The summed E-state index contributed by atoms with van der Waals surface area (Å²) in [7, 11) is 0. The molecule has 0 unspecified atom stereocenters. The number of nitrogens with one attached hydrogen (secondary N) is 3. The molecule has 1 fully saturated rings. The molecule has 0 aromatic carbocycles. The zero-order chi connectivity index (χ0) is 18.1. The zero-order valence-corrected chi connectivity index (χ0v) is 15.0. The minimum atomic E-state index is -0.459. The number of carbonyl (C=O) groups excluding carboxylic acids is 3. The quantitative estimate of drug-likeness (QED) is 0.583. The first kappa shape index (κ1) is 19.2. The molecule has 1 aromatic heterocycles. The van der Waals surface area contributed by atoms with Crippen molar-refractivity contribution in [2.45, 2.75) is 13.3 Å². The van der Waals surface area contributed by atoms with Crippen molar-refractivity contribution in [3.05, 3.63) is 5.51 Å². The largest absolute Gasteiger partial charge is 0.338 e. The number of amides is 4. The average Bonchev–Trinajstić information content (AvgIpc) is 3.07. The van der Waals surface area contributed by atoms with Crippen LogP contribution in [-0.4, -0.2) is 83.7 Å². The Kier molecular flexibility index (Phi) is 7.70. The van der Waals surface area contributed by atoms with E-state index in [9.17, 15) is 14.4 Å². The maximum atomic E-state index is 11.9. The fraction of sp³-hybridized carbons (Fsp3) is 0.643. The fourth-order valence-electron chi connectivity index (χ4n) is 2.35. The molecule has 0 radical (unpaired) electrons. The van der Waals surface area contributed by atoms with E-state index in [0.29, 0.717) is 37.9 Å². The lowest BCUT2D eigenvalue weighted by atomic mass is 10.3. The van der Waals surface area contributed by atoms with Crippen LogP contribution < -0.4 is 16.0 Å². The smallest absolute Gasteiger partial charge is 0.321 e. The molecule has 0 aliphatic carbocycles. The van der Waals surface area contributed by atoms with E-state index in [2.05, 4.69) is 26.1 Å². The van der Waals surface area contributed by atoms with E-state index >= 15 is 0 Å². The molecular formula is C14H23N7O3S. The van der Waals surface area contributed by atoms with E-state index in [0.717, 1.165) is 6.42 Å². The zero-order valence-electron chi connectivity index (χ0n) is 14.2. The summed E-state index contributed by atoms with van der Waals surface area (Å²) in [4.78, 5) is 39.1. The fourth-order valence-corrected chi connectivity index (χ4v) is 2.81. The lowest BCUT2D eigenvalue weighted by molar-refractivity contribution is -0.122. The number of aromatic nitrogens is 2. The van der Waals surface area contributed by atoms with Gasteiger partial charge >= 0.3 is 6.03 Å². The summed E-state index contributed by atoms with van der Waals surface area (Å²) in [5.74, 6) is -0.452. The molecule has 4 amide bonds. The van der Waals surface area contributed by atoms with Gasteiger partial charge in [0, 0.05) is 32.7 Å². The third kappa shape index (κ3) is 7.11. The van der Waals surface area contributed by atoms with Gasteiger partial charge in [0.15, 0.2) is 0 Å². The van der Waals surface area contributed by atoms with E-state index in [1.807, 2.05) is 16.7 Å². The van der Waals surface area contributed by atoms with Gasteiger partial charge in [-0.3, -0.25) is 30.0 Å². The molecule has 1 saturated heterocycles. The van der Waals surface area contributed by atoms with Crippen molar-refractivity contribution in [2.24, 2.45) is 0 Å². The summed E-state index contributed by atoms with van der Waals surface area (Å²) < 4.78 is 0. The van der Waals surface area contributed by atoms with Gasteiger partial charge in [-0.25, -0.2) is 4.79 Å². The summed E-state index contributed by atoms with van der Waals surface area (Å²) in [6.07, 6.45) is 0.816. The van der Waals surface area contributed by atoms with E-state index in [-0.39, 0.29) is 24.9 Å². The Morgan fingerprint density at radius 3 is 2.32 bits per heavy atom. The van der Waals surface area contributed by atoms with Crippen molar-refractivity contribution in [1.29, 1.82) is 0 Å². The number of imide groups is 1. The van der Waals surface area contributed by atoms with Gasteiger partial charge in [-0.1, -0.05) is 18.3 Å². The minimum absolute atomic E-state index is 0.129. The van der Waals surface area contributed by atoms with Crippen LogP contribution in [0.15, 0.2) is 5.51 Å². The van der Waals surface area contributed by atoms with Crippen molar-refractivity contribution in [3.8, 4) is 0 Å². The number of hydrogen-bond donors (Lipinski definition) is 3. The van der Waals surface area contributed by atoms with Gasteiger partial charge in [-0.2, -0.15) is 0 Å². The molecule has 138 valence electrons. The Morgan fingerprint density at radius 1 is 1.12 bits per heavy atom. The summed E-state index contributed by atoms with van der Waals surface area (Å²) in [6.45, 7) is 5.61. The van der Waals surface area contributed by atoms with Gasteiger partial charge in [0.25, 0.3) is 0 Å². The van der Waals surface area contributed by atoms with Crippen molar-refractivity contribution >= 4 is 34.3 Å². The van der Waals surface area contributed by atoms with Gasteiger partial charge < -0.3 is 5.32 Å². The first-order chi connectivity index (χ1) is 12.1. The number of piperazine rings is 1. The molecule has 2 heterocycles. The van der Waals surface area contributed by atoms with Gasteiger partial charge in [0.1, 0.15) is 5.51 Å². The molecule has 3 N–H and O–H groups in total. The highest BCUT2D eigenvalue weighted by Gasteiger charge is 2.21. The topological polar surface area (TPSA) is 120 Å². The van der Waals surface area contributed by atoms with Crippen LogP contribution in [0.1, 0.15) is 13.3 Å². The summed E-state index contributed by atoms with van der Waals surface area (Å²) in [5, 5.41) is 15.5. The van der Waals surface area contributed by atoms with Crippen LogP contribution in [0.4, 0.5) is 9.93 Å². The third-order valence-corrected chi connectivity index (χ3v) is 4.20. The number of anilines is 1. The SMILES string of the molecule is CCCNC(=O)NC(=O)CN1CCN(CC(=O)Nc2nncs2)CC1. The predicted molar refractivity (Wildman–Crippen MR) is 93.3 cm³/mol. The maximum Gasteiger partial charge on any atom is 0.321 e. The molecule has 11 heteroatoms. The first-order valence-corrected chi connectivity index (χ1v) is 9.03. The summed E-state index contributed by atoms with van der Waals surface area (Å²) in [5.41, 5.74) is 1.56. The van der Waals surface area contributed by atoms with Crippen LogP contribution in [0.25, 0.3) is 0 Å². The van der Waals surface area contributed by atoms with Crippen LogP contribution in [-0.2, 0) is 9.59 Å². The molecule has 1 aliphatic rings. The van der Waals surface area contributed by atoms with Gasteiger partial charge in [-0.15, -0.1) is 10.2 Å². The Labute approximate surface area is 150 Å². The second-order valence-corrected chi connectivity index (χ2v) is 6.48. The van der Waals surface area contributed by atoms with Crippen LogP contribution in [0.3, 0.4) is 0 Å². The minimum Gasteiger partial charge on any atom is -0.338 e. The summed E-state index contributed by atoms with van der Waals surface area (Å²) in [6, 6.07) is -0.459. The normalized spacial score (nSPS) is 15.6. The maximum absolute atomic E-state index is 11.9.